The largest absolute Gasteiger partial charge is 0.347 e. The predicted octanol–water partition coefficient (Wildman–Crippen LogP) is 2.86. The molecule has 2 aromatic rings. The second-order valence-corrected chi connectivity index (χ2v) is 8.45. The summed E-state index contributed by atoms with van der Waals surface area (Å²) in [6.45, 7) is 0.829. The first-order valence-electron chi connectivity index (χ1n) is 8.49. The zero-order valence-electron chi connectivity index (χ0n) is 14.7. The van der Waals surface area contributed by atoms with E-state index in [9.17, 15) is 22.0 Å². The third kappa shape index (κ3) is 4.01. The Kier molecular flexibility index (Phi) is 5.57. The van der Waals surface area contributed by atoms with Gasteiger partial charge in [-0.15, -0.1) is 0 Å². The van der Waals surface area contributed by atoms with Gasteiger partial charge in [0.15, 0.2) is 0 Å². The van der Waals surface area contributed by atoms with Crippen molar-refractivity contribution in [2.45, 2.75) is 29.2 Å². The maximum atomic E-state index is 12.6. The number of halogens is 2. The molecular formula is C19H20F2N2O3S. The quantitative estimate of drug-likeness (QED) is 0.847. The van der Waals surface area contributed by atoms with Crippen molar-refractivity contribution in [2.75, 3.05) is 13.6 Å². The second kappa shape index (κ2) is 7.74. The highest BCUT2D eigenvalue weighted by atomic mass is 32.2. The number of benzene rings is 2. The van der Waals surface area contributed by atoms with Gasteiger partial charge in [0.2, 0.25) is 9.84 Å². The number of nitrogens with one attached hydrogen (secondary N) is 1. The summed E-state index contributed by atoms with van der Waals surface area (Å²) in [5.74, 6) is -3.85. The minimum atomic E-state index is -4.67. The summed E-state index contributed by atoms with van der Waals surface area (Å²) in [4.78, 5) is 14.2. The molecule has 0 radical (unpaired) electrons. The van der Waals surface area contributed by atoms with Gasteiger partial charge in [-0.1, -0.05) is 30.3 Å². The fourth-order valence-corrected chi connectivity index (χ4v) is 4.11. The van der Waals surface area contributed by atoms with Crippen molar-refractivity contribution >= 4 is 15.7 Å². The highest BCUT2D eigenvalue weighted by Gasteiger charge is 2.34. The monoisotopic (exact) mass is 394 g/mol. The molecule has 27 heavy (non-hydrogen) atoms. The molecule has 1 saturated heterocycles. The number of hydrogen-bond acceptors (Lipinski definition) is 4. The van der Waals surface area contributed by atoms with E-state index in [2.05, 4.69) is 10.2 Å². The SMILES string of the molecule is CN1CCC(NC(=O)c2ccc(S(=O)(=O)C(F)F)cc2)C1c1ccccc1. The van der Waals surface area contributed by atoms with Crippen LogP contribution in [0.5, 0.6) is 0 Å². The molecule has 0 aromatic heterocycles. The molecule has 1 heterocycles. The first kappa shape index (κ1) is 19.4. The van der Waals surface area contributed by atoms with E-state index >= 15 is 0 Å². The summed E-state index contributed by atoms with van der Waals surface area (Å²) >= 11 is 0. The Morgan fingerprint density at radius 3 is 2.33 bits per heavy atom. The van der Waals surface area contributed by atoms with Gasteiger partial charge in [-0.05, 0) is 43.3 Å². The highest BCUT2D eigenvalue weighted by molar-refractivity contribution is 7.91. The molecule has 2 unspecified atom stereocenters. The average Bonchev–Trinajstić information content (AvgIpc) is 3.02. The lowest BCUT2D eigenvalue weighted by Gasteiger charge is -2.26. The smallest absolute Gasteiger partial charge is 0.341 e. The third-order valence-electron chi connectivity index (χ3n) is 4.79. The van der Waals surface area contributed by atoms with E-state index in [1.54, 1.807) is 0 Å². The molecule has 1 N–H and O–H groups in total. The van der Waals surface area contributed by atoms with Crippen LogP contribution < -0.4 is 5.32 Å². The Bertz CT molecular complexity index is 902. The standard InChI is InChI=1S/C19H20F2N2O3S/c1-23-12-11-16(17(23)13-5-3-2-4-6-13)22-18(24)14-7-9-15(10-8-14)27(25,26)19(20)21/h2-10,16-17,19H,11-12H2,1H3,(H,22,24). The number of rotatable bonds is 5. The van der Waals surface area contributed by atoms with E-state index in [-0.39, 0.29) is 23.6 Å². The fraction of sp³-hybridized carbons (Fsp3) is 0.316. The summed E-state index contributed by atoms with van der Waals surface area (Å²) in [6.07, 6.45) is 0.777. The van der Waals surface area contributed by atoms with Crippen molar-refractivity contribution in [3.63, 3.8) is 0 Å². The number of carbonyl (C=O) groups is 1. The van der Waals surface area contributed by atoms with Gasteiger partial charge in [-0.3, -0.25) is 9.69 Å². The molecule has 1 amide bonds. The lowest BCUT2D eigenvalue weighted by Crippen LogP contribution is -2.39. The summed E-state index contributed by atoms with van der Waals surface area (Å²) in [5.41, 5.74) is 1.32. The number of likely N-dealkylation sites (tertiary alicyclic amines) is 1. The molecule has 144 valence electrons. The second-order valence-electron chi connectivity index (χ2n) is 6.53. The Morgan fingerprint density at radius 2 is 1.74 bits per heavy atom. The van der Waals surface area contributed by atoms with Gasteiger partial charge in [0.05, 0.1) is 17.0 Å². The van der Waals surface area contributed by atoms with Crippen molar-refractivity contribution in [1.29, 1.82) is 0 Å². The Hall–Kier alpha value is -2.32. The Labute approximate surface area is 156 Å². The molecule has 8 heteroatoms. The first-order valence-corrected chi connectivity index (χ1v) is 10.0. The number of sulfone groups is 1. The number of alkyl halides is 2. The topological polar surface area (TPSA) is 66.5 Å². The lowest BCUT2D eigenvalue weighted by atomic mass is 10.00. The zero-order chi connectivity index (χ0) is 19.6. The van der Waals surface area contributed by atoms with Crippen LogP contribution in [0.1, 0.15) is 28.4 Å². The van der Waals surface area contributed by atoms with Crippen LogP contribution >= 0.6 is 0 Å². The molecule has 1 fully saturated rings. The first-order chi connectivity index (χ1) is 12.8. The molecule has 0 spiro atoms. The highest BCUT2D eigenvalue weighted by Crippen LogP contribution is 2.31. The number of carbonyl (C=O) groups excluding carboxylic acids is 1. The van der Waals surface area contributed by atoms with Crippen molar-refractivity contribution in [1.82, 2.24) is 10.2 Å². The molecule has 2 aromatic carbocycles. The van der Waals surface area contributed by atoms with Gasteiger partial charge in [-0.25, -0.2) is 8.42 Å². The van der Waals surface area contributed by atoms with Gasteiger partial charge in [0.25, 0.3) is 5.91 Å². The van der Waals surface area contributed by atoms with Crippen LogP contribution in [0.15, 0.2) is 59.5 Å². The zero-order valence-corrected chi connectivity index (χ0v) is 15.5. The minimum Gasteiger partial charge on any atom is -0.347 e. The molecule has 1 aliphatic heterocycles. The van der Waals surface area contributed by atoms with Gasteiger partial charge in [-0.2, -0.15) is 8.78 Å². The van der Waals surface area contributed by atoms with Gasteiger partial charge < -0.3 is 5.32 Å². The normalized spacial score (nSPS) is 20.7. The van der Waals surface area contributed by atoms with Crippen molar-refractivity contribution < 1.29 is 22.0 Å². The van der Waals surface area contributed by atoms with E-state index in [4.69, 9.17) is 0 Å². The number of amides is 1. The summed E-state index contributed by atoms with van der Waals surface area (Å²) in [7, 11) is -2.67. The lowest BCUT2D eigenvalue weighted by molar-refractivity contribution is 0.0927. The molecule has 0 aliphatic carbocycles. The fourth-order valence-electron chi connectivity index (χ4n) is 3.39. The predicted molar refractivity (Wildman–Crippen MR) is 97.3 cm³/mol. The van der Waals surface area contributed by atoms with Gasteiger partial charge in [0.1, 0.15) is 0 Å². The summed E-state index contributed by atoms with van der Waals surface area (Å²) < 4.78 is 48.1. The van der Waals surface area contributed by atoms with Crippen molar-refractivity contribution in [2.24, 2.45) is 0 Å². The van der Waals surface area contributed by atoms with Crippen LogP contribution in [0.2, 0.25) is 0 Å². The molecule has 1 aliphatic rings. The van der Waals surface area contributed by atoms with Crippen molar-refractivity contribution in [3.8, 4) is 0 Å². The maximum Gasteiger partial charge on any atom is 0.341 e. The Morgan fingerprint density at radius 1 is 1.11 bits per heavy atom. The number of nitrogens with zero attached hydrogens (tertiary/aromatic N) is 1. The van der Waals surface area contributed by atoms with Gasteiger partial charge >= 0.3 is 5.76 Å². The van der Waals surface area contributed by atoms with Crippen LogP contribution in [0, 0.1) is 0 Å². The minimum absolute atomic E-state index is 0.0358. The van der Waals surface area contributed by atoms with E-state index in [0.29, 0.717) is 0 Å². The molecule has 5 nitrogen and oxygen atoms in total. The van der Waals surface area contributed by atoms with E-state index in [1.165, 1.54) is 12.1 Å². The summed E-state index contributed by atoms with van der Waals surface area (Å²) in [5, 5.41) is 2.98. The molecule has 2 atom stereocenters. The van der Waals surface area contributed by atoms with E-state index in [0.717, 1.165) is 30.7 Å². The molecule has 0 bridgehead atoms. The Balaban J connectivity index is 1.75. The van der Waals surface area contributed by atoms with Crippen LogP contribution in [0.25, 0.3) is 0 Å². The molecular weight excluding hydrogens is 374 g/mol. The van der Waals surface area contributed by atoms with Gasteiger partial charge in [0, 0.05) is 12.1 Å². The third-order valence-corrected chi connectivity index (χ3v) is 6.18. The molecule has 0 saturated carbocycles. The van der Waals surface area contributed by atoms with E-state index < -0.39 is 20.5 Å². The molecule has 3 rings (SSSR count). The number of hydrogen-bond donors (Lipinski definition) is 1. The van der Waals surface area contributed by atoms with Crippen molar-refractivity contribution in [3.05, 3.63) is 65.7 Å². The maximum absolute atomic E-state index is 12.6. The summed E-state index contributed by atoms with van der Waals surface area (Å²) in [6, 6.07) is 14.3. The van der Waals surface area contributed by atoms with Crippen LogP contribution in [-0.2, 0) is 9.84 Å². The number of likely N-dealkylation sites (N-methyl/N-ethyl adjacent to an activating group) is 1. The van der Waals surface area contributed by atoms with E-state index in [1.807, 2.05) is 37.4 Å². The average molecular weight is 394 g/mol. The van der Waals surface area contributed by atoms with Crippen LogP contribution in [0.3, 0.4) is 0 Å². The van der Waals surface area contributed by atoms with Crippen LogP contribution in [0.4, 0.5) is 8.78 Å². The van der Waals surface area contributed by atoms with Crippen LogP contribution in [-0.4, -0.2) is 44.6 Å².